The Bertz CT molecular complexity index is 345. The van der Waals surface area contributed by atoms with Crippen molar-refractivity contribution in [1.29, 1.82) is 0 Å². The fraction of sp³-hybridized carbons (Fsp3) is 0.562. The monoisotopic (exact) mass is 248 g/mol. The number of carbonyl (C=O) groups is 1. The molecular weight excluding hydrogens is 224 g/mol. The number of hydrogen-bond acceptors (Lipinski definition) is 2. The Balaban J connectivity index is 2.53. The molecule has 0 spiro atoms. The number of aliphatic hydroxyl groups is 1. The van der Waals surface area contributed by atoms with E-state index in [1.165, 1.54) is 0 Å². The van der Waals surface area contributed by atoms with Crippen molar-refractivity contribution in [3.63, 3.8) is 0 Å². The lowest BCUT2D eigenvalue weighted by Crippen LogP contribution is -2.16. The van der Waals surface area contributed by atoms with Crippen LogP contribution in [0.4, 0.5) is 0 Å². The van der Waals surface area contributed by atoms with Crippen LogP contribution in [-0.2, 0) is 4.79 Å². The fourth-order valence-corrected chi connectivity index (χ4v) is 2.16. The van der Waals surface area contributed by atoms with Gasteiger partial charge >= 0.3 is 0 Å². The number of carbonyl (C=O) groups excluding carboxylic acids is 1. The Kier molecular flexibility index (Phi) is 6.66. The van der Waals surface area contributed by atoms with Gasteiger partial charge in [0, 0.05) is 6.42 Å². The van der Waals surface area contributed by atoms with Crippen LogP contribution in [0.15, 0.2) is 30.3 Å². The van der Waals surface area contributed by atoms with E-state index >= 15 is 0 Å². The van der Waals surface area contributed by atoms with Gasteiger partial charge in [0.25, 0.3) is 0 Å². The summed E-state index contributed by atoms with van der Waals surface area (Å²) in [5.41, 5.74) is 0.702. The largest absolute Gasteiger partial charge is 0.381 e. The van der Waals surface area contributed by atoms with Crippen LogP contribution in [0.5, 0.6) is 0 Å². The first kappa shape index (κ1) is 14.9. The topological polar surface area (TPSA) is 37.3 Å². The van der Waals surface area contributed by atoms with E-state index in [9.17, 15) is 9.90 Å². The summed E-state index contributed by atoms with van der Waals surface area (Å²) in [5, 5.41) is 10.0. The van der Waals surface area contributed by atoms with Gasteiger partial charge in [-0.2, -0.15) is 0 Å². The molecule has 0 bridgehead atoms. The lowest BCUT2D eigenvalue weighted by Gasteiger charge is -2.16. The highest BCUT2D eigenvalue weighted by Gasteiger charge is 2.20. The molecule has 0 saturated carbocycles. The summed E-state index contributed by atoms with van der Waals surface area (Å²) >= 11 is 0. The minimum atomic E-state index is -0.957. The Morgan fingerprint density at radius 1 is 1.22 bits per heavy atom. The molecule has 2 nitrogen and oxygen atoms in total. The predicted molar refractivity (Wildman–Crippen MR) is 74.3 cm³/mol. The van der Waals surface area contributed by atoms with E-state index < -0.39 is 6.10 Å². The van der Waals surface area contributed by atoms with Gasteiger partial charge in [0.2, 0.25) is 0 Å². The number of hydrogen-bond donors (Lipinski definition) is 1. The predicted octanol–water partition coefficient (Wildman–Crippen LogP) is 3.90. The number of rotatable bonds is 8. The zero-order chi connectivity index (χ0) is 13.4. The van der Waals surface area contributed by atoms with Crippen LogP contribution in [0.1, 0.15) is 57.6 Å². The van der Waals surface area contributed by atoms with Gasteiger partial charge in [-0.15, -0.1) is 0 Å². The second-order valence-electron chi connectivity index (χ2n) is 4.90. The Labute approximate surface area is 110 Å². The van der Waals surface area contributed by atoms with Crippen molar-refractivity contribution < 1.29 is 9.90 Å². The number of aliphatic hydroxyl groups excluding tert-OH is 1. The van der Waals surface area contributed by atoms with E-state index in [0.717, 1.165) is 25.7 Å². The van der Waals surface area contributed by atoms with Crippen molar-refractivity contribution in [3.8, 4) is 0 Å². The second-order valence-corrected chi connectivity index (χ2v) is 4.90. The molecule has 1 rings (SSSR count). The fourth-order valence-electron chi connectivity index (χ4n) is 2.16. The highest BCUT2D eigenvalue weighted by atomic mass is 16.3. The van der Waals surface area contributed by atoms with E-state index in [-0.39, 0.29) is 5.78 Å². The molecule has 0 fully saturated rings. The third kappa shape index (κ3) is 4.61. The van der Waals surface area contributed by atoms with E-state index in [0.29, 0.717) is 17.9 Å². The molecule has 0 saturated heterocycles. The van der Waals surface area contributed by atoms with Gasteiger partial charge in [0.15, 0.2) is 5.78 Å². The molecular formula is C16H24O2. The van der Waals surface area contributed by atoms with E-state index in [1.807, 2.05) is 18.2 Å². The SMILES string of the molecule is CCCCC(CC)CC(=O)C(O)c1ccccc1. The zero-order valence-electron chi connectivity index (χ0n) is 11.4. The van der Waals surface area contributed by atoms with Crippen LogP contribution in [0.2, 0.25) is 0 Å². The van der Waals surface area contributed by atoms with Gasteiger partial charge in [-0.25, -0.2) is 0 Å². The lowest BCUT2D eigenvalue weighted by molar-refractivity contribution is -0.128. The Hall–Kier alpha value is -1.15. The standard InChI is InChI=1S/C16H24O2/c1-3-5-9-13(4-2)12-15(17)16(18)14-10-7-6-8-11-14/h6-8,10-11,13,16,18H,3-5,9,12H2,1-2H3. The van der Waals surface area contributed by atoms with E-state index in [1.54, 1.807) is 12.1 Å². The van der Waals surface area contributed by atoms with Crippen LogP contribution >= 0.6 is 0 Å². The molecule has 100 valence electrons. The summed E-state index contributed by atoms with van der Waals surface area (Å²) < 4.78 is 0. The van der Waals surface area contributed by atoms with Crippen LogP contribution in [0, 0.1) is 5.92 Å². The quantitative estimate of drug-likeness (QED) is 0.757. The van der Waals surface area contributed by atoms with Gasteiger partial charge in [-0.05, 0) is 11.5 Å². The number of ketones is 1. The van der Waals surface area contributed by atoms with E-state index in [4.69, 9.17) is 0 Å². The number of unbranched alkanes of at least 4 members (excludes halogenated alkanes) is 1. The maximum atomic E-state index is 12.0. The maximum absolute atomic E-state index is 12.0. The Morgan fingerprint density at radius 3 is 2.44 bits per heavy atom. The van der Waals surface area contributed by atoms with Gasteiger partial charge in [0.05, 0.1) is 0 Å². The molecule has 0 aliphatic heterocycles. The normalized spacial score (nSPS) is 14.2. The highest BCUT2D eigenvalue weighted by molar-refractivity contribution is 5.84. The van der Waals surface area contributed by atoms with Gasteiger partial charge in [-0.3, -0.25) is 4.79 Å². The molecule has 2 atom stereocenters. The minimum Gasteiger partial charge on any atom is -0.381 e. The van der Waals surface area contributed by atoms with Gasteiger partial charge < -0.3 is 5.11 Å². The maximum Gasteiger partial charge on any atom is 0.166 e. The third-order valence-electron chi connectivity index (χ3n) is 3.45. The van der Waals surface area contributed by atoms with Crippen molar-refractivity contribution in [3.05, 3.63) is 35.9 Å². The van der Waals surface area contributed by atoms with E-state index in [2.05, 4.69) is 13.8 Å². The van der Waals surface area contributed by atoms with Crippen molar-refractivity contribution in [2.75, 3.05) is 0 Å². The van der Waals surface area contributed by atoms with Crippen LogP contribution in [-0.4, -0.2) is 10.9 Å². The first-order valence-corrected chi connectivity index (χ1v) is 6.94. The third-order valence-corrected chi connectivity index (χ3v) is 3.45. The molecule has 0 aliphatic carbocycles. The molecule has 1 N–H and O–H groups in total. The molecule has 0 radical (unpaired) electrons. The molecule has 2 unspecified atom stereocenters. The summed E-state index contributed by atoms with van der Waals surface area (Å²) in [6.45, 7) is 4.27. The van der Waals surface area contributed by atoms with Crippen LogP contribution < -0.4 is 0 Å². The summed E-state index contributed by atoms with van der Waals surface area (Å²) in [6, 6.07) is 9.18. The minimum absolute atomic E-state index is 0.0517. The van der Waals surface area contributed by atoms with Crippen LogP contribution in [0.3, 0.4) is 0 Å². The van der Waals surface area contributed by atoms with Gasteiger partial charge in [-0.1, -0.05) is 69.9 Å². The molecule has 0 heterocycles. The molecule has 1 aromatic carbocycles. The zero-order valence-corrected chi connectivity index (χ0v) is 11.4. The smallest absolute Gasteiger partial charge is 0.166 e. The summed E-state index contributed by atoms with van der Waals surface area (Å²) in [6.07, 6.45) is 3.95. The number of Topliss-reactive ketones (excluding diaryl/α,β-unsaturated/α-hetero) is 1. The van der Waals surface area contributed by atoms with Crippen molar-refractivity contribution in [2.45, 2.75) is 52.1 Å². The molecule has 0 amide bonds. The van der Waals surface area contributed by atoms with Gasteiger partial charge in [0.1, 0.15) is 6.10 Å². The van der Waals surface area contributed by atoms with Crippen molar-refractivity contribution in [2.24, 2.45) is 5.92 Å². The summed E-state index contributed by atoms with van der Waals surface area (Å²) in [5.74, 6) is 0.361. The first-order chi connectivity index (χ1) is 8.69. The second kappa shape index (κ2) is 8.04. The average molecular weight is 248 g/mol. The molecule has 1 aromatic rings. The molecule has 0 aliphatic rings. The molecule has 2 heteroatoms. The average Bonchev–Trinajstić information content (AvgIpc) is 2.43. The molecule has 18 heavy (non-hydrogen) atoms. The van der Waals surface area contributed by atoms with Crippen molar-refractivity contribution >= 4 is 5.78 Å². The van der Waals surface area contributed by atoms with Crippen molar-refractivity contribution in [1.82, 2.24) is 0 Å². The molecule has 0 aromatic heterocycles. The number of benzene rings is 1. The summed E-state index contributed by atoms with van der Waals surface area (Å²) in [7, 11) is 0. The first-order valence-electron chi connectivity index (χ1n) is 6.94. The van der Waals surface area contributed by atoms with Crippen LogP contribution in [0.25, 0.3) is 0 Å². The summed E-state index contributed by atoms with van der Waals surface area (Å²) in [4.78, 5) is 12.0. The Morgan fingerprint density at radius 2 is 1.89 bits per heavy atom. The lowest BCUT2D eigenvalue weighted by atomic mass is 9.91. The highest BCUT2D eigenvalue weighted by Crippen LogP contribution is 2.22.